The van der Waals surface area contributed by atoms with E-state index in [0.717, 1.165) is 18.4 Å². The number of fused-ring (bicyclic) bond motifs is 1. The molecular formula is C18H19N7O3S2. The number of hydrogen-bond donors (Lipinski definition) is 2. The molecule has 4 aromatic rings. The summed E-state index contributed by atoms with van der Waals surface area (Å²) in [6, 6.07) is 4.70. The van der Waals surface area contributed by atoms with Gasteiger partial charge >= 0.3 is 5.69 Å². The van der Waals surface area contributed by atoms with Gasteiger partial charge in [-0.3, -0.25) is 9.67 Å². The summed E-state index contributed by atoms with van der Waals surface area (Å²) in [6.45, 7) is 3.97. The van der Waals surface area contributed by atoms with Gasteiger partial charge in [-0.25, -0.2) is 22.5 Å². The molecule has 5 rings (SSSR count). The third-order valence-corrected chi connectivity index (χ3v) is 7.65. The summed E-state index contributed by atoms with van der Waals surface area (Å²) in [5.74, 6) is 0. The quantitative estimate of drug-likeness (QED) is 0.464. The summed E-state index contributed by atoms with van der Waals surface area (Å²) in [6.07, 6.45) is 4.97. The number of nitrogens with zero attached hydrogens (tertiary/aromatic N) is 5. The minimum atomic E-state index is -3.72. The molecule has 0 amide bonds. The standard InChI is InChI=1S/C18H19N7O3S2/c1-11-21-22-16(29-11)25-15-7-13(30(27,28)23-18(2)5-6-18)3-4-14(15)24(17(25)26)10-12-8-19-20-9-12/h3-4,7-9,23H,5-6,10H2,1-2H3,(H,19,20). The van der Waals surface area contributed by atoms with E-state index in [-0.39, 0.29) is 10.6 Å². The summed E-state index contributed by atoms with van der Waals surface area (Å²) in [7, 11) is -3.72. The SMILES string of the molecule is Cc1nnc(-n2c(=O)n(Cc3cn[nH]c3)c3ccc(S(=O)(=O)NC4(C)CC4)cc32)s1. The van der Waals surface area contributed by atoms with Gasteiger partial charge in [0.25, 0.3) is 0 Å². The maximum atomic E-state index is 13.3. The van der Waals surface area contributed by atoms with Crippen LogP contribution >= 0.6 is 11.3 Å². The van der Waals surface area contributed by atoms with Gasteiger partial charge < -0.3 is 0 Å². The molecule has 3 aromatic heterocycles. The molecule has 0 bridgehead atoms. The number of nitrogens with one attached hydrogen (secondary N) is 2. The van der Waals surface area contributed by atoms with Crippen molar-refractivity contribution in [3.8, 4) is 5.13 Å². The number of H-pyrrole nitrogens is 1. The zero-order valence-electron chi connectivity index (χ0n) is 16.3. The Kier molecular flexibility index (Phi) is 4.21. The molecule has 1 aliphatic rings. The molecule has 0 radical (unpaired) electrons. The van der Waals surface area contributed by atoms with Gasteiger partial charge in [0.2, 0.25) is 15.2 Å². The van der Waals surface area contributed by atoms with E-state index in [2.05, 4.69) is 25.1 Å². The molecule has 0 atom stereocenters. The van der Waals surface area contributed by atoms with Gasteiger partial charge in [0, 0.05) is 17.3 Å². The van der Waals surface area contributed by atoms with Crippen LogP contribution in [0, 0.1) is 6.92 Å². The second-order valence-electron chi connectivity index (χ2n) is 7.73. The minimum Gasteiger partial charge on any atom is -0.287 e. The molecule has 1 aliphatic carbocycles. The highest BCUT2D eigenvalue weighted by molar-refractivity contribution is 7.89. The number of benzene rings is 1. The van der Waals surface area contributed by atoms with E-state index in [9.17, 15) is 13.2 Å². The van der Waals surface area contributed by atoms with Crippen molar-refractivity contribution in [2.45, 2.75) is 43.7 Å². The highest BCUT2D eigenvalue weighted by Crippen LogP contribution is 2.36. The number of imidazole rings is 1. The van der Waals surface area contributed by atoms with Crippen LogP contribution in [0.25, 0.3) is 16.2 Å². The van der Waals surface area contributed by atoms with Crippen LogP contribution in [-0.2, 0) is 16.6 Å². The van der Waals surface area contributed by atoms with E-state index in [1.807, 2.05) is 6.92 Å². The summed E-state index contributed by atoms with van der Waals surface area (Å²) in [5.41, 5.74) is 1.18. The van der Waals surface area contributed by atoms with E-state index in [4.69, 9.17) is 0 Å². The molecule has 3 heterocycles. The van der Waals surface area contributed by atoms with Crippen molar-refractivity contribution in [3.63, 3.8) is 0 Å². The molecule has 0 saturated heterocycles. The minimum absolute atomic E-state index is 0.110. The first-order chi connectivity index (χ1) is 14.3. The van der Waals surface area contributed by atoms with Crippen LogP contribution in [0.15, 0.2) is 40.3 Å². The van der Waals surface area contributed by atoms with E-state index < -0.39 is 15.6 Å². The van der Waals surface area contributed by atoms with Gasteiger partial charge in [-0.15, -0.1) is 10.2 Å². The number of aromatic amines is 1. The highest BCUT2D eigenvalue weighted by atomic mass is 32.2. The largest absolute Gasteiger partial charge is 0.335 e. The van der Waals surface area contributed by atoms with Gasteiger partial charge in [-0.1, -0.05) is 11.3 Å². The molecule has 10 nitrogen and oxygen atoms in total. The molecule has 0 unspecified atom stereocenters. The van der Waals surface area contributed by atoms with Crippen molar-refractivity contribution >= 4 is 32.4 Å². The Labute approximate surface area is 175 Å². The molecule has 1 aromatic carbocycles. The lowest BCUT2D eigenvalue weighted by Gasteiger charge is -2.12. The van der Waals surface area contributed by atoms with Crippen molar-refractivity contribution in [1.82, 2.24) is 34.3 Å². The Bertz CT molecular complexity index is 1410. The fourth-order valence-electron chi connectivity index (χ4n) is 3.34. The van der Waals surface area contributed by atoms with Gasteiger partial charge in [-0.2, -0.15) is 5.10 Å². The number of rotatable bonds is 6. The maximum Gasteiger partial charge on any atom is 0.335 e. The van der Waals surface area contributed by atoms with Gasteiger partial charge in [0.05, 0.1) is 28.7 Å². The first-order valence-electron chi connectivity index (χ1n) is 9.33. The van der Waals surface area contributed by atoms with Crippen molar-refractivity contribution in [1.29, 1.82) is 0 Å². The Balaban J connectivity index is 1.71. The molecule has 156 valence electrons. The predicted octanol–water partition coefficient (Wildman–Crippen LogP) is 1.55. The van der Waals surface area contributed by atoms with Crippen molar-refractivity contribution < 1.29 is 8.42 Å². The molecular weight excluding hydrogens is 426 g/mol. The second kappa shape index (κ2) is 6.59. The fourth-order valence-corrected chi connectivity index (χ4v) is 5.52. The Morgan fingerprint density at radius 1 is 1.27 bits per heavy atom. The number of aryl methyl sites for hydroxylation is 1. The zero-order valence-corrected chi connectivity index (χ0v) is 17.9. The number of aromatic nitrogens is 6. The van der Waals surface area contributed by atoms with Crippen LogP contribution in [0.1, 0.15) is 30.3 Å². The van der Waals surface area contributed by atoms with Gasteiger partial charge in [0.15, 0.2) is 0 Å². The van der Waals surface area contributed by atoms with Crippen molar-refractivity contribution in [2.24, 2.45) is 0 Å². The van der Waals surface area contributed by atoms with E-state index in [1.165, 1.54) is 28.0 Å². The fraction of sp³-hybridized carbons (Fsp3) is 0.333. The van der Waals surface area contributed by atoms with E-state index >= 15 is 0 Å². The van der Waals surface area contributed by atoms with Crippen LogP contribution in [0.2, 0.25) is 0 Å². The topological polar surface area (TPSA) is 128 Å². The first kappa shape index (κ1) is 19.2. The molecule has 30 heavy (non-hydrogen) atoms. The molecule has 1 fully saturated rings. The second-order valence-corrected chi connectivity index (χ2v) is 10.6. The normalized spacial score (nSPS) is 15.7. The van der Waals surface area contributed by atoms with Crippen LogP contribution in [0.5, 0.6) is 0 Å². The van der Waals surface area contributed by atoms with Crippen LogP contribution in [-0.4, -0.2) is 43.5 Å². The molecule has 1 saturated carbocycles. The number of hydrogen-bond acceptors (Lipinski definition) is 7. The summed E-state index contributed by atoms with van der Waals surface area (Å²) in [4.78, 5) is 13.4. The predicted molar refractivity (Wildman–Crippen MR) is 111 cm³/mol. The number of sulfonamides is 1. The molecule has 0 aliphatic heterocycles. The van der Waals surface area contributed by atoms with Gasteiger partial charge in [-0.05, 0) is 44.9 Å². The Morgan fingerprint density at radius 2 is 2.07 bits per heavy atom. The third-order valence-electron chi connectivity index (χ3n) is 5.19. The van der Waals surface area contributed by atoms with Crippen LogP contribution in [0.4, 0.5) is 0 Å². The summed E-state index contributed by atoms with van der Waals surface area (Å²) < 4.78 is 31.5. The van der Waals surface area contributed by atoms with Crippen LogP contribution < -0.4 is 10.4 Å². The van der Waals surface area contributed by atoms with Crippen molar-refractivity contribution in [2.75, 3.05) is 0 Å². The lowest BCUT2D eigenvalue weighted by Crippen LogP contribution is -2.34. The smallest absolute Gasteiger partial charge is 0.287 e. The van der Waals surface area contributed by atoms with E-state index in [1.54, 1.807) is 30.0 Å². The first-order valence-corrected chi connectivity index (χ1v) is 11.6. The molecule has 12 heteroatoms. The molecule has 0 spiro atoms. The van der Waals surface area contributed by atoms with Crippen molar-refractivity contribution in [3.05, 3.63) is 51.6 Å². The third kappa shape index (κ3) is 3.26. The Hall–Kier alpha value is -2.83. The average molecular weight is 446 g/mol. The van der Waals surface area contributed by atoms with Crippen LogP contribution in [0.3, 0.4) is 0 Å². The average Bonchev–Trinajstić information content (AvgIpc) is 3.08. The lowest BCUT2D eigenvalue weighted by atomic mass is 10.3. The molecule has 2 N–H and O–H groups in total. The monoisotopic (exact) mass is 445 g/mol. The maximum absolute atomic E-state index is 13.3. The van der Waals surface area contributed by atoms with Gasteiger partial charge in [0.1, 0.15) is 5.01 Å². The zero-order chi connectivity index (χ0) is 21.1. The summed E-state index contributed by atoms with van der Waals surface area (Å²) in [5, 5.41) is 15.9. The van der Waals surface area contributed by atoms with E-state index in [0.29, 0.717) is 27.7 Å². The highest BCUT2D eigenvalue weighted by Gasteiger charge is 2.41. The summed E-state index contributed by atoms with van der Waals surface area (Å²) >= 11 is 1.27. The Morgan fingerprint density at radius 3 is 2.70 bits per heavy atom. The lowest BCUT2D eigenvalue weighted by molar-refractivity contribution is 0.558.